The van der Waals surface area contributed by atoms with Crippen LogP contribution >= 0.6 is 11.8 Å². The fraction of sp³-hybridized carbons (Fsp3) is 0.952. The molecule has 0 amide bonds. The fourth-order valence-corrected chi connectivity index (χ4v) is 6.03. The number of rotatable bonds is 7. The topological polar surface area (TPSA) is 46.1 Å². The van der Waals surface area contributed by atoms with Crippen molar-refractivity contribution in [2.45, 2.75) is 63.0 Å². The van der Waals surface area contributed by atoms with Crippen molar-refractivity contribution in [2.24, 2.45) is 10.9 Å². The molecule has 0 unspecified atom stereocenters. The number of aliphatic imine (C=N–C) groups is 1. The van der Waals surface area contributed by atoms with Gasteiger partial charge in [0.2, 0.25) is 0 Å². The zero-order valence-corrected chi connectivity index (χ0v) is 18.0. The molecule has 0 aromatic carbocycles. The first-order chi connectivity index (χ1) is 13.3. The van der Waals surface area contributed by atoms with Gasteiger partial charge in [0, 0.05) is 63.1 Å². The van der Waals surface area contributed by atoms with E-state index in [-0.39, 0.29) is 0 Å². The summed E-state index contributed by atoms with van der Waals surface area (Å²) in [5.41, 5.74) is 0. The Morgan fingerprint density at radius 1 is 1.26 bits per heavy atom. The Labute approximate surface area is 170 Å². The lowest BCUT2D eigenvalue weighted by atomic mass is 9.87. The lowest BCUT2D eigenvalue weighted by molar-refractivity contribution is 0.0205. The molecule has 156 valence electrons. The van der Waals surface area contributed by atoms with Gasteiger partial charge in [0.1, 0.15) is 0 Å². The second kappa shape index (κ2) is 11.5. The Bertz CT molecular complexity index is 443. The minimum Gasteiger partial charge on any atom is -0.381 e. The fourth-order valence-electron chi connectivity index (χ4n) is 4.46. The zero-order chi connectivity index (χ0) is 18.8. The van der Waals surface area contributed by atoms with Crippen LogP contribution in [0.3, 0.4) is 0 Å². The van der Waals surface area contributed by atoms with Gasteiger partial charge in [-0.1, -0.05) is 19.3 Å². The summed E-state index contributed by atoms with van der Waals surface area (Å²) < 4.78 is 11.8. The molecular weight excluding hydrogens is 358 g/mol. The molecule has 1 aliphatic carbocycles. The van der Waals surface area contributed by atoms with Crippen molar-refractivity contribution in [1.29, 1.82) is 0 Å². The van der Waals surface area contributed by atoms with Crippen LogP contribution in [0.2, 0.25) is 0 Å². The maximum absolute atomic E-state index is 5.89. The Morgan fingerprint density at radius 3 is 2.85 bits per heavy atom. The Hall–Kier alpha value is -0.460. The van der Waals surface area contributed by atoms with Crippen molar-refractivity contribution in [3.8, 4) is 0 Å². The van der Waals surface area contributed by atoms with Crippen LogP contribution in [0.4, 0.5) is 0 Å². The third kappa shape index (κ3) is 6.82. The first kappa shape index (κ1) is 21.3. The molecule has 0 radical (unpaired) electrons. The maximum atomic E-state index is 5.89. The van der Waals surface area contributed by atoms with Gasteiger partial charge in [-0.2, -0.15) is 11.8 Å². The molecular formula is C21H39N3O2S. The Morgan fingerprint density at radius 2 is 2.07 bits per heavy atom. The molecule has 1 N–H and O–H groups in total. The molecule has 2 heterocycles. The SMILES string of the molecule is CCNC(=NCCCOCC1CCOCC1)N1CCSC2(CCCCC2)C1. The van der Waals surface area contributed by atoms with Gasteiger partial charge >= 0.3 is 0 Å². The second-order valence-electron chi connectivity index (χ2n) is 8.23. The van der Waals surface area contributed by atoms with Gasteiger partial charge in [0.25, 0.3) is 0 Å². The van der Waals surface area contributed by atoms with Crippen LogP contribution in [-0.4, -0.2) is 74.0 Å². The summed E-state index contributed by atoms with van der Waals surface area (Å²) >= 11 is 2.22. The van der Waals surface area contributed by atoms with Crippen molar-refractivity contribution in [3.63, 3.8) is 0 Å². The number of thioether (sulfide) groups is 1. The van der Waals surface area contributed by atoms with Gasteiger partial charge in [-0.15, -0.1) is 0 Å². The molecule has 3 fully saturated rings. The van der Waals surface area contributed by atoms with Gasteiger partial charge in [-0.25, -0.2) is 0 Å². The quantitative estimate of drug-likeness (QED) is 0.404. The molecule has 0 aromatic heterocycles. The first-order valence-corrected chi connectivity index (χ1v) is 12.1. The Kier molecular flexibility index (Phi) is 9.07. The molecule has 0 atom stereocenters. The lowest BCUT2D eigenvalue weighted by Crippen LogP contribution is -2.53. The lowest BCUT2D eigenvalue weighted by Gasteiger charge is -2.45. The summed E-state index contributed by atoms with van der Waals surface area (Å²) in [6, 6.07) is 0. The van der Waals surface area contributed by atoms with Crippen LogP contribution in [0.5, 0.6) is 0 Å². The molecule has 1 spiro atoms. The van der Waals surface area contributed by atoms with E-state index in [9.17, 15) is 0 Å². The number of hydrogen-bond donors (Lipinski definition) is 1. The molecule has 6 heteroatoms. The molecule has 2 aliphatic heterocycles. The zero-order valence-electron chi connectivity index (χ0n) is 17.2. The molecule has 0 aromatic rings. The Balaban J connectivity index is 1.40. The van der Waals surface area contributed by atoms with Gasteiger partial charge in [-0.3, -0.25) is 4.99 Å². The van der Waals surface area contributed by atoms with Crippen molar-refractivity contribution in [2.75, 3.05) is 58.4 Å². The van der Waals surface area contributed by atoms with E-state index >= 15 is 0 Å². The van der Waals surface area contributed by atoms with E-state index in [2.05, 4.69) is 28.9 Å². The van der Waals surface area contributed by atoms with Crippen LogP contribution in [0, 0.1) is 5.92 Å². The number of ether oxygens (including phenoxy) is 2. The highest BCUT2D eigenvalue weighted by molar-refractivity contribution is 8.00. The largest absolute Gasteiger partial charge is 0.381 e. The van der Waals surface area contributed by atoms with Crippen molar-refractivity contribution < 1.29 is 9.47 Å². The van der Waals surface area contributed by atoms with Gasteiger partial charge in [0.05, 0.1) is 0 Å². The molecule has 3 aliphatic rings. The van der Waals surface area contributed by atoms with Gasteiger partial charge in [-0.05, 0) is 44.9 Å². The molecule has 27 heavy (non-hydrogen) atoms. The molecule has 5 nitrogen and oxygen atoms in total. The summed E-state index contributed by atoms with van der Waals surface area (Å²) in [5.74, 6) is 3.04. The summed E-state index contributed by atoms with van der Waals surface area (Å²) in [4.78, 5) is 7.44. The first-order valence-electron chi connectivity index (χ1n) is 11.1. The van der Waals surface area contributed by atoms with E-state index in [1.54, 1.807) is 0 Å². The van der Waals surface area contributed by atoms with Crippen LogP contribution in [0.25, 0.3) is 0 Å². The summed E-state index contributed by atoms with van der Waals surface area (Å²) in [7, 11) is 0. The van der Waals surface area contributed by atoms with Crippen molar-refractivity contribution in [1.82, 2.24) is 10.2 Å². The highest BCUT2D eigenvalue weighted by atomic mass is 32.2. The minimum atomic E-state index is 0.486. The maximum Gasteiger partial charge on any atom is 0.193 e. The van der Waals surface area contributed by atoms with Crippen molar-refractivity contribution >= 4 is 17.7 Å². The van der Waals surface area contributed by atoms with Gasteiger partial charge in [0.15, 0.2) is 5.96 Å². The number of hydrogen-bond acceptors (Lipinski definition) is 4. The highest BCUT2D eigenvalue weighted by Gasteiger charge is 2.38. The predicted octanol–water partition coefficient (Wildman–Crippen LogP) is 3.54. The van der Waals surface area contributed by atoms with Gasteiger partial charge < -0.3 is 19.7 Å². The van der Waals surface area contributed by atoms with Crippen LogP contribution in [-0.2, 0) is 9.47 Å². The molecule has 1 saturated carbocycles. The third-order valence-electron chi connectivity index (χ3n) is 6.05. The average molecular weight is 398 g/mol. The van der Waals surface area contributed by atoms with E-state index in [4.69, 9.17) is 14.5 Å². The predicted molar refractivity (Wildman–Crippen MR) is 115 cm³/mol. The third-order valence-corrected chi connectivity index (χ3v) is 7.59. The molecule has 2 saturated heterocycles. The number of guanidine groups is 1. The monoisotopic (exact) mass is 397 g/mol. The standard InChI is InChI=1S/C21H39N3O2S/c1-2-22-20(23-11-6-13-26-17-19-7-14-25-15-8-19)24-12-16-27-21(18-24)9-4-3-5-10-21/h19H,2-18H2,1H3,(H,22,23). The van der Waals surface area contributed by atoms with Crippen LogP contribution < -0.4 is 5.32 Å². The van der Waals surface area contributed by atoms with E-state index in [0.29, 0.717) is 10.7 Å². The minimum absolute atomic E-state index is 0.486. The van der Waals surface area contributed by atoms with E-state index in [1.165, 1.54) is 44.4 Å². The number of nitrogens with one attached hydrogen (secondary N) is 1. The second-order valence-corrected chi connectivity index (χ2v) is 9.80. The highest BCUT2D eigenvalue weighted by Crippen LogP contribution is 2.42. The number of nitrogens with zero attached hydrogens (tertiary/aromatic N) is 2. The summed E-state index contributed by atoms with van der Waals surface area (Å²) in [6.45, 7) is 9.77. The van der Waals surface area contributed by atoms with Crippen LogP contribution in [0.1, 0.15) is 58.3 Å². The molecule has 3 rings (SSSR count). The summed E-state index contributed by atoms with van der Waals surface area (Å²) in [5, 5.41) is 3.53. The average Bonchev–Trinajstić information content (AvgIpc) is 2.71. The smallest absolute Gasteiger partial charge is 0.193 e. The van der Waals surface area contributed by atoms with E-state index in [0.717, 1.165) is 71.3 Å². The molecule has 0 bridgehead atoms. The van der Waals surface area contributed by atoms with Crippen molar-refractivity contribution in [3.05, 3.63) is 0 Å². The summed E-state index contributed by atoms with van der Waals surface area (Å²) in [6.07, 6.45) is 10.3. The van der Waals surface area contributed by atoms with Crippen LogP contribution in [0.15, 0.2) is 4.99 Å². The van der Waals surface area contributed by atoms with E-state index < -0.39 is 0 Å². The normalized spacial score (nSPS) is 24.3. The van der Waals surface area contributed by atoms with E-state index in [1.807, 2.05) is 0 Å².